The summed E-state index contributed by atoms with van der Waals surface area (Å²) in [6.45, 7) is 5.31. The van der Waals surface area contributed by atoms with Crippen molar-refractivity contribution in [1.82, 2.24) is 5.32 Å². The Hall–Kier alpha value is -4.25. The van der Waals surface area contributed by atoms with Gasteiger partial charge in [0.25, 0.3) is 5.91 Å². The van der Waals surface area contributed by atoms with E-state index in [1.165, 1.54) is 32.1 Å². The van der Waals surface area contributed by atoms with Crippen molar-refractivity contribution in [1.29, 1.82) is 5.26 Å². The summed E-state index contributed by atoms with van der Waals surface area (Å²) in [6, 6.07) is 12.1. The predicted molar refractivity (Wildman–Crippen MR) is 152 cm³/mol. The Kier molecular flexibility index (Phi) is 13.7. The van der Waals surface area contributed by atoms with Crippen molar-refractivity contribution in [2.75, 3.05) is 27.4 Å². The molecule has 0 spiro atoms. The number of unbranched alkanes of at least 4 members (excludes halogenated alkanes) is 4. The second-order valence-corrected chi connectivity index (χ2v) is 8.76. The minimum absolute atomic E-state index is 0.0239. The lowest BCUT2D eigenvalue weighted by Gasteiger charge is -2.11. The molecule has 0 aromatic heterocycles. The Morgan fingerprint density at radius 1 is 0.872 bits per heavy atom. The van der Waals surface area contributed by atoms with Crippen LogP contribution in [0.15, 0.2) is 48.0 Å². The summed E-state index contributed by atoms with van der Waals surface area (Å²) < 4.78 is 22.1. The van der Waals surface area contributed by atoms with Crippen LogP contribution in [0.1, 0.15) is 63.5 Å². The number of carbonyl (C=O) groups excluding carboxylic acids is 2. The minimum Gasteiger partial charge on any atom is -0.493 e. The number of carbonyl (C=O) groups is 2. The molecule has 0 aliphatic rings. The monoisotopic (exact) mass is 534 g/mol. The standard InChI is InChI=1S/C31H38N2O6/c1-5-7-9-10-18-38-26-14-11-23(20-28(26)36-3)13-16-30(34)39-27-15-12-24(21-29(27)37-4)19-25(22-32)31(35)33-17-8-6-2/h11-16,19-21H,5-10,17-18H2,1-4H3,(H,33,35)/b16-13+,25-19+. The molecular formula is C31H38N2O6. The molecule has 0 aliphatic carbocycles. The maximum Gasteiger partial charge on any atom is 0.336 e. The molecule has 0 atom stereocenters. The zero-order chi connectivity index (χ0) is 28.5. The van der Waals surface area contributed by atoms with Gasteiger partial charge in [0, 0.05) is 12.6 Å². The van der Waals surface area contributed by atoms with Crippen LogP contribution in [-0.2, 0) is 9.59 Å². The molecule has 0 heterocycles. The average Bonchev–Trinajstić information content (AvgIpc) is 2.95. The van der Waals surface area contributed by atoms with Gasteiger partial charge in [0.1, 0.15) is 11.6 Å². The minimum atomic E-state index is -0.597. The maximum atomic E-state index is 12.5. The molecule has 0 unspecified atom stereocenters. The number of rotatable bonds is 16. The number of amides is 1. The quantitative estimate of drug-likeness (QED) is 0.0911. The van der Waals surface area contributed by atoms with E-state index in [1.54, 1.807) is 37.5 Å². The van der Waals surface area contributed by atoms with Crippen molar-refractivity contribution in [3.05, 3.63) is 59.2 Å². The van der Waals surface area contributed by atoms with E-state index in [1.807, 2.05) is 25.1 Å². The lowest BCUT2D eigenvalue weighted by Crippen LogP contribution is -2.25. The first kappa shape index (κ1) is 31.0. The number of hydrogen-bond donors (Lipinski definition) is 1. The van der Waals surface area contributed by atoms with Crippen molar-refractivity contribution in [3.8, 4) is 29.1 Å². The Labute approximate surface area is 231 Å². The van der Waals surface area contributed by atoms with Crippen LogP contribution in [0.2, 0.25) is 0 Å². The van der Waals surface area contributed by atoms with E-state index < -0.39 is 11.9 Å². The fourth-order valence-electron chi connectivity index (χ4n) is 3.57. The maximum absolute atomic E-state index is 12.5. The molecular weight excluding hydrogens is 496 g/mol. The zero-order valence-electron chi connectivity index (χ0n) is 23.2. The van der Waals surface area contributed by atoms with Gasteiger partial charge in [-0.05, 0) is 60.4 Å². The van der Waals surface area contributed by atoms with Gasteiger partial charge >= 0.3 is 5.97 Å². The molecule has 2 aromatic carbocycles. The third-order valence-corrected chi connectivity index (χ3v) is 5.75. The molecule has 2 rings (SSSR count). The fourth-order valence-corrected chi connectivity index (χ4v) is 3.57. The van der Waals surface area contributed by atoms with Gasteiger partial charge in [-0.25, -0.2) is 4.79 Å². The number of esters is 1. The molecule has 8 nitrogen and oxygen atoms in total. The van der Waals surface area contributed by atoms with Crippen LogP contribution in [0.3, 0.4) is 0 Å². The molecule has 2 aromatic rings. The highest BCUT2D eigenvalue weighted by Gasteiger charge is 2.12. The molecule has 0 aliphatic heterocycles. The highest BCUT2D eigenvalue weighted by molar-refractivity contribution is 6.01. The number of nitriles is 1. The average molecular weight is 535 g/mol. The first-order valence-corrected chi connectivity index (χ1v) is 13.2. The van der Waals surface area contributed by atoms with Gasteiger partial charge in [0.15, 0.2) is 23.0 Å². The van der Waals surface area contributed by atoms with Gasteiger partial charge < -0.3 is 24.3 Å². The highest BCUT2D eigenvalue weighted by atomic mass is 16.6. The SMILES string of the molecule is CCCCCCOc1ccc(/C=C/C(=O)Oc2ccc(/C=C(\C#N)C(=O)NCCCC)cc2OC)cc1OC. The molecule has 0 fully saturated rings. The summed E-state index contributed by atoms with van der Waals surface area (Å²) in [7, 11) is 3.02. The van der Waals surface area contributed by atoms with Crippen molar-refractivity contribution in [3.63, 3.8) is 0 Å². The lowest BCUT2D eigenvalue weighted by atomic mass is 10.1. The molecule has 1 N–H and O–H groups in total. The van der Waals surface area contributed by atoms with Crippen LogP contribution in [0.5, 0.6) is 23.0 Å². The second kappa shape index (κ2) is 17.3. The smallest absolute Gasteiger partial charge is 0.336 e. The number of nitrogens with one attached hydrogen (secondary N) is 1. The van der Waals surface area contributed by atoms with Gasteiger partial charge in [-0.3, -0.25) is 4.79 Å². The van der Waals surface area contributed by atoms with Crippen LogP contribution < -0.4 is 24.3 Å². The Bertz CT molecular complexity index is 1200. The van der Waals surface area contributed by atoms with Gasteiger partial charge in [-0.15, -0.1) is 0 Å². The van der Waals surface area contributed by atoms with Gasteiger partial charge in [0.05, 0.1) is 20.8 Å². The third kappa shape index (κ3) is 10.6. The topological polar surface area (TPSA) is 107 Å². The number of hydrogen-bond acceptors (Lipinski definition) is 7. The van der Waals surface area contributed by atoms with E-state index >= 15 is 0 Å². The summed E-state index contributed by atoms with van der Waals surface area (Å²) in [6.07, 6.45) is 10.6. The molecule has 0 saturated carbocycles. The first-order valence-electron chi connectivity index (χ1n) is 13.2. The van der Waals surface area contributed by atoms with Crippen LogP contribution >= 0.6 is 0 Å². The largest absolute Gasteiger partial charge is 0.493 e. The van der Waals surface area contributed by atoms with E-state index in [0.29, 0.717) is 30.2 Å². The second-order valence-electron chi connectivity index (χ2n) is 8.76. The molecule has 0 radical (unpaired) electrons. The van der Waals surface area contributed by atoms with Crippen molar-refractivity contribution in [2.24, 2.45) is 0 Å². The summed E-state index contributed by atoms with van der Waals surface area (Å²) in [5.74, 6) is 0.706. The highest BCUT2D eigenvalue weighted by Crippen LogP contribution is 2.30. The molecule has 208 valence electrons. The molecule has 39 heavy (non-hydrogen) atoms. The van der Waals surface area contributed by atoms with E-state index in [2.05, 4.69) is 12.2 Å². The normalized spacial score (nSPS) is 11.1. The van der Waals surface area contributed by atoms with Gasteiger partial charge in [-0.1, -0.05) is 51.7 Å². The molecule has 0 saturated heterocycles. The number of methoxy groups -OCH3 is 2. The predicted octanol–water partition coefficient (Wildman–Crippen LogP) is 6.10. The summed E-state index contributed by atoms with van der Waals surface area (Å²) in [5.41, 5.74) is 1.28. The van der Waals surface area contributed by atoms with Crippen LogP contribution in [0, 0.1) is 11.3 Å². The third-order valence-electron chi connectivity index (χ3n) is 5.75. The molecule has 0 bridgehead atoms. The molecule has 1 amide bonds. The van der Waals surface area contributed by atoms with E-state index in [-0.39, 0.29) is 17.1 Å². The van der Waals surface area contributed by atoms with E-state index in [9.17, 15) is 14.9 Å². The molecule has 8 heteroatoms. The van der Waals surface area contributed by atoms with E-state index in [0.717, 1.165) is 31.2 Å². The number of ether oxygens (including phenoxy) is 4. The van der Waals surface area contributed by atoms with Crippen molar-refractivity contribution in [2.45, 2.75) is 52.4 Å². The van der Waals surface area contributed by atoms with Crippen molar-refractivity contribution >= 4 is 24.0 Å². The Balaban J connectivity index is 2.05. The lowest BCUT2D eigenvalue weighted by molar-refractivity contribution is -0.129. The van der Waals surface area contributed by atoms with Gasteiger partial charge in [0.2, 0.25) is 0 Å². The number of benzene rings is 2. The van der Waals surface area contributed by atoms with Crippen LogP contribution in [-0.4, -0.2) is 39.2 Å². The number of nitrogens with zero attached hydrogens (tertiary/aromatic N) is 1. The Morgan fingerprint density at radius 2 is 1.54 bits per heavy atom. The van der Waals surface area contributed by atoms with Crippen LogP contribution in [0.4, 0.5) is 0 Å². The van der Waals surface area contributed by atoms with Crippen LogP contribution in [0.25, 0.3) is 12.2 Å². The fraction of sp³-hybridized carbons (Fsp3) is 0.387. The summed E-state index contributed by atoms with van der Waals surface area (Å²) >= 11 is 0. The van der Waals surface area contributed by atoms with Gasteiger partial charge in [-0.2, -0.15) is 5.26 Å². The van der Waals surface area contributed by atoms with Crippen molar-refractivity contribution < 1.29 is 28.5 Å². The first-order chi connectivity index (χ1) is 18.9. The summed E-state index contributed by atoms with van der Waals surface area (Å²) in [5, 5.41) is 12.1. The summed E-state index contributed by atoms with van der Waals surface area (Å²) in [4.78, 5) is 24.7. The zero-order valence-corrected chi connectivity index (χ0v) is 23.2. The Morgan fingerprint density at radius 3 is 2.23 bits per heavy atom. The van der Waals surface area contributed by atoms with E-state index in [4.69, 9.17) is 18.9 Å².